The largest absolute Gasteiger partial charge is 0.486 e. The second kappa shape index (κ2) is 8.77. The number of amides is 1. The van der Waals surface area contributed by atoms with Gasteiger partial charge in [-0.2, -0.15) is 0 Å². The highest BCUT2D eigenvalue weighted by atomic mass is 79.9. The second-order valence-electron chi connectivity index (χ2n) is 5.78. The number of carbonyl (C=O) groups excluding carboxylic acids is 2. The highest BCUT2D eigenvalue weighted by Crippen LogP contribution is 2.32. The number of hydrogen-bond acceptors (Lipinski definition) is 6. The molecule has 0 bridgehead atoms. The fourth-order valence-corrected chi connectivity index (χ4v) is 2.77. The molecule has 1 aromatic heterocycles. The van der Waals surface area contributed by atoms with Crippen molar-refractivity contribution in [2.45, 2.75) is 13.0 Å². The van der Waals surface area contributed by atoms with Gasteiger partial charge in [0.05, 0.1) is 6.04 Å². The summed E-state index contributed by atoms with van der Waals surface area (Å²) in [5.74, 6) is 0.800. The van der Waals surface area contributed by atoms with E-state index in [1.54, 1.807) is 12.1 Å². The van der Waals surface area contributed by atoms with Gasteiger partial charge in [-0.15, -0.1) is 0 Å². The normalized spacial score (nSPS) is 14.0. The van der Waals surface area contributed by atoms with Gasteiger partial charge in [0.1, 0.15) is 19.0 Å². The van der Waals surface area contributed by atoms with Crippen LogP contribution in [0, 0.1) is 0 Å². The molecule has 7 nitrogen and oxygen atoms in total. The number of nitrogens with one attached hydrogen (secondary N) is 1. The van der Waals surface area contributed by atoms with Crippen molar-refractivity contribution in [1.82, 2.24) is 5.32 Å². The van der Waals surface area contributed by atoms with E-state index in [-0.39, 0.29) is 12.6 Å². The van der Waals surface area contributed by atoms with E-state index in [0.717, 1.165) is 5.56 Å². The van der Waals surface area contributed by atoms with Crippen molar-refractivity contribution in [3.8, 4) is 11.5 Å². The SMILES string of the molecule is CC(NC(=O)COC(=O)/C=C/c1ccc(Br)o1)c1ccc2c(c1)OCCO2. The highest BCUT2D eigenvalue weighted by molar-refractivity contribution is 9.10. The van der Waals surface area contributed by atoms with Crippen LogP contribution in [-0.2, 0) is 14.3 Å². The van der Waals surface area contributed by atoms with Gasteiger partial charge in [0.2, 0.25) is 0 Å². The van der Waals surface area contributed by atoms with Gasteiger partial charge in [-0.3, -0.25) is 4.79 Å². The molecule has 1 atom stereocenters. The van der Waals surface area contributed by atoms with Crippen LogP contribution >= 0.6 is 15.9 Å². The fourth-order valence-electron chi connectivity index (χ4n) is 2.45. The molecule has 0 radical (unpaired) electrons. The molecule has 8 heteroatoms. The Kier molecular flexibility index (Phi) is 6.18. The monoisotopic (exact) mass is 435 g/mol. The Balaban J connectivity index is 1.47. The minimum absolute atomic E-state index is 0.275. The number of halogens is 1. The Bertz CT molecular complexity index is 860. The van der Waals surface area contributed by atoms with Crippen LogP contribution in [0.5, 0.6) is 11.5 Å². The first-order chi connectivity index (χ1) is 13.0. The number of rotatable bonds is 6. The molecular formula is C19H18BrNO6. The summed E-state index contributed by atoms with van der Waals surface area (Å²) in [7, 11) is 0. The zero-order valence-electron chi connectivity index (χ0n) is 14.6. The maximum absolute atomic E-state index is 12.0. The van der Waals surface area contributed by atoms with Crippen molar-refractivity contribution in [2.75, 3.05) is 19.8 Å². The summed E-state index contributed by atoms with van der Waals surface area (Å²) in [5.41, 5.74) is 0.863. The van der Waals surface area contributed by atoms with Crippen LogP contribution in [0.2, 0.25) is 0 Å². The molecule has 2 heterocycles. The van der Waals surface area contributed by atoms with E-state index in [1.165, 1.54) is 12.2 Å². The van der Waals surface area contributed by atoms with Crippen LogP contribution in [0.25, 0.3) is 6.08 Å². The van der Waals surface area contributed by atoms with Crippen LogP contribution in [0.3, 0.4) is 0 Å². The van der Waals surface area contributed by atoms with E-state index in [2.05, 4.69) is 21.2 Å². The minimum Gasteiger partial charge on any atom is -0.486 e. The minimum atomic E-state index is -0.635. The number of ether oxygens (including phenoxy) is 3. The lowest BCUT2D eigenvalue weighted by atomic mass is 10.1. The Labute approximate surface area is 164 Å². The summed E-state index contributed by atoms with van der Waals surface area (Å²) in [4.78, 5) is 23.7. The molecular weight excluding hydrogens is 418 g/mol. The summed E-state index contributed by atoms with van der Waals surface area (Å²) in [6, 6.07) is 8.62. The Morgan fingerprint density at radius 1 is 1.22 bits per heavy atom. The van der Waals surface area contributed by atoms with Crippen LogP contribution in [0.1, 0.15) is 24.3 Å². The van der Waals surface area contributed by atoms with E-state index in [4.69, 9.17) is 18.6 Å². The van der Waals surface area contributed by atoms with Crippen LogP contribution in [-0.4, -0.2) is 31.7 Å². The summed E-state index contributed by atoms with van der Waals surface area (Å²) in [6.07, 6.45) is 2.66. The third kappa shape index (κ3) is 5.37. The zero-order valence-corrected chi connectivity index (χ0v) is 16.2. The molecule has 2 aromatic rings. The Morgan fingerprint density at radius 2 is 2.00 bits per heavy atom. The average Bonchev–Trinajstić information content (AvgIpc) is 3.09. The first-order valence-electron chi connectivity index (χ1n) is 8.30. The van der Waals surface area contributed by atoms with Gasteiger partial charge in [0.25, 0.3) is 5.91 Å². The molecule has 0 fully saturated rings. The molecule has 0 saturated heterocycles. The van der Waals surface area contributed by atoms with Crippen molar-refractivity contribution < 1.29 is 28.2 Å². The van der Waals surface area contributed by atoms with Crippen molar-refractivity contribution in [3.05, 3.63) is 52.4 Å². The average molecular weight is 436 g/mol. The number of fused-ring (bicyclic) bond motifs is 1. The van der Waals surface area contributed by atoms with Gasteiger partial charge in [-0.25, -0.2) is 4.79 Å². The van der Waals surface area contributed by atoms with Crippen molar-refractivity contribution in [2.24, 2.45) is 0 Å². The molecule has 0 aliphatic carbocycles. The molecule has 0 saturated carbocycles. The fraction of sp³-hybridized carbons (Fsp3) is 0.263. The molecule has 3 rings (SSSR count). The number of carbonyl (C=O) groups is 2. The van der Waals surface area contributed by atoms with Gasteiger partial charge < -0.3 is 23.9 Å². The molecule has 1 aromatic carbocycles. The van der Waals surface area contributed by atoms with Gasteiger partial charge >= 0.3 is 5.97 Å². The van der Waals surface area contributed by atoms with Crippen molar-refractivity contribution in [1.29, 1.82) is 0 Å². The zero-order chi connectivity index (χ0) is 19.2. The van der Waals surface area contributed by atoms with Gasteiger partial charge in [0, 0.05) is 6.08 Å². The number of esters is 1. The molecule has 1 N–H and O–H groups in total. The maximum atomic E-state index is 12.0. The standard InChI is InChI=1S/C19H18BrNO6/c1-12(13-2-5-15-16(10-13)25-9-8-24-15)21-18(22)11-26-19(23)7-4-14-3-6-17(20)27-14/h2-7,10,12H,8-9,11H2,1H3,(H,21,22)/b7-4+. The van der Waals surface area contributed by atoms with E-state index in [0.29, 0.717) is 35.1 Å². The topological polar surface area (TPSA) is 87.0 Å². The predicted octanol–water partition coefficient (Wildman–Crippen LogP) is 3.25. The molecule has 0 spiro atoms. The lowest BCUT2D eigenvalue weighted by Gasteiger charge is -2.21. The van der Waals surface area contributed by atoms with Gasteiger partial charge in [-0.1, -0.05) is 6.07 Å². The summed E-state index contributed by atoms with van der Waals surface area (Å²) in [5, 5.41) is 2.77. The number of hydrogen-bond donors (Lipinski definition) is 1. The lowest BCUT2D eigenvalue weighted by molar-refractivity contribution is -0.144. The highest BCUT2D eigenvalue weighted by Gasteiger charge is 2.16. The predicted molar refractivity (Wildman–Crippen MR) is 100 cm³/mol. The smallest absolute Gasteiger partial charge is 0.331 e. The molecule has 1 unspecified atom stereocenters. The van der Waals surface area contributed by atoms with Gasteiger partial charge in [0.15, 0.2) is 22.8 Å². The van der Waals surface area contributed by atoms with E-state index >= 15 is 0 Å². The van der Waals surface area contributed by atoms with E-state index < -0.39 is 11.9 Å². The second-order valence-corrected chi connectivity index (χ2v) is 6.56. The molecule has 1 aliphatic rings. The summed E-state index contributed by atoms with van der Waals surface area (Å²) >= 11 is 3.17. The number of benzene rings is 1. The van der Waals surface area contributed by atoms with Crippen molar-refractivity contribution in [3.63, 3.8) is 0 Å². The molecule has 1 amide bonds. The summed E-state index contributed by atoms with van der Waals surface area (Å²) in [6.45, 7) is 2.48. The van der Waals surface area contributed by atoms with Crippen LogP contribution < -0.4 is 14.8 Å². The molecule has 1 aliphatic heterocycles. The first-order valence-corrected chi connectivity index (χ1v) is 9.09. The molecule has 27 heavy (non-hydrogen) atoms. The Hall–Kier alpha value is -2.74. The van der Waals surface area contributed by atoms with E-state index in [9.17, 15) is 9.59 Å². The number of furan rings is 1. The van der Waals surface area contributed by atoms with Gasteiger partial charge in [-0.05, 0) is 58.8 Å². The Morgan fingerprint density at radius 3 is 2.74 bits per heavy atom. The maximum Gasteiger partial charge on any atom is 0.331 e. The first kappa shape index (κ1) is 19.0. The third-order valence-corrected chi connectivity index (χ3v) is 4.19. The van der Waals surface area contributed by atoms with Crippen LogP contribution in [0.4, 0.5) is 0 Å². The summed E-state index contributed by atoms with van der Waals surface area (Å²) < 4.78 is 21.7. The lowest BCUT2D eigenvalue weighted by Crippen LogP contribution is -2.31. The quantitative estimate of drug-likeness (QED) is 0.553. The third-order valence-electron chi connectivity index (χ3n) is 3.77. The molecule has 142 valence electrons. The van der Waals surface area contributed by atoms with Crippen molar-refractivity contribution >= 4 is 33.9 Å². The van der Waals surface area contributed by atoms with Crippen LogP contribution in [0.15, 0.2) is 45.5 Å². The van der Waals surface area contributed by atoms with E-state index in [1.807, 2.05) is 25.1 Å².